The molecule has 0 aliphatic rings. The van der Waals surface area contributed by atoms with Gasteiger partial charge in [-0.05, 0) is 29.8 Å². The van der Waals surface area contributed by atoms with E-state index in [0.29, 0.717) is 17.7 Å². The first-order chi connectivity index (χ1) is 12.6. The number of carbonyl (C=O) groups is 2. The molecule has 0 atom stereocenters. The van der Waals surface area contributed by atoms with Crippen LogP contribution in [-0.2, 0) is 13.1 Å². The lowest BCUT2D eigenvalue weighted by molar-refractivity contribution is -0.683. The van der Waals surface area contributed by atoms with Gasteiger partial charge < -0.3 is 5.32 Å². The first kappa shape index (κ1) is 20.5. The number of hydrogen-bond donors (Lipinski definition) is 1. The fraction of sp³-hybridized carbons (Fsp3) is 0.0952. The highest BCUT2D eigenvalue weighted by molar-refractivity contribution is 8.93. The smallest absolute Gasteiger partial charge is 0.252 e. The van der Waals surface area contributed by atoms with Gasteiger partial charge in [0.1, 0.15) is 5.82 Å². The van der Waals surface area contributed by atoms with E-state index in [-0.39, 0.29) is 41.0 Å². The maximum Gasteiger partial charge on any atom is 0.252 e. The van der Waals surface area contributed by atoms with Crippen molar-refractivity contribution >= 4 is 28.7 Å². The van der Waals surface area contributed by atoms with Crippen molar-refractivity contribution in [2.24, 2.45) is 0 Å². The molecule has 0 spiro atoms. The molecule has 0 fully saturated rings. The minimum absolute atomic E-state index is 0. The van der Waals surface area contributed by atoms with Crippen LogP contribution in [0.2, 0.25) is 0 Å². The molecular weight excluding hydrogens is 411 g/mol. The van der Waals surface area contributed by atoms with Gasteiger partial charge in [-0.1, -0.05) is 30.3 Å². The lowest BCUT2D eigenvalue weighted by atomic mass is 10.1. The number of Topliss-reactive ketones (excluding diaryl/α,β-unsaturated/α-hetero) is 1. The summed E-state index contributed by atoms with van der Waals surface area (Å²) in [6.07, 6.45) is 3.36. The molecule has 4 nitrogen and oxygen atoms in total. The van der Waals surface area contributed by atoms with Gasteiger partial charge >= 0.3 is 0 Å². The van der Waals surface area contributed by atoms with Gasteiger partial charge in [0.2, 0.25) is 12.3 Å². The van der Waals surface area contributed by atoms with Gasteiger partial charge in [0, 0.05) is 24.2 Å². The minimum atomic E-state index is -0.375. The van der Waals surface area contributed by atoms with Gasteiger partial charge in [-0.2, -0.15) is 4.57 Å². The second-order valence-corrected chi connectivity index (χ2v) is 5.86. The zero-order valence-corrected chi connectivity index (χ0v) is 16.2. The SMILES string of the molecule is Br.O=C(C[n+]1ccc(C(=O)NCc2ccccc2)cc1)c1ccc(F)cc1. The van der Waals surface area contributed by atoms with Crippen LogP contribution in [0.25, 0.3) is 0 Å². The number of benzene rings is 2. The van der Waals surface area contributed by atoms with Crippen LogP contribution < -0.4 is 9.88 Å². The molecule has 0 saturated carbocycles. The Kier molecular flexibility index (Phi) is 7.37. The Hall–Kier alpha value is -2.86. The van der Waals surface area contributed by atoms with Gasteiger partial charge in [0.25, 0.3) is 5.91 Å². The van der Waals surface area contributed by atoms with Gasteiger partial charge in [-0.25, -0.2) is 4.39 Å². The molecule has 1 N–H and O–H groups in total. The number of amides is 1. The number of ketones is 1. The van der Waals surface area contributed by atoms with Crippen molar-refractivity contribution in [2.45, 2.75) is 13.1 Å². The van der Waals surface area contributed by atoms with Crippen molar-refractivity contribution in [3.8, 4) is 0 Å². The molecule has 27 heavy (non-hydrogen) atoms. The molecule has 0 bridgehead atoms. The van der Waals surface area contributed by atoms with E-state index in [2.05, 4.69) is 5.32 Å². The summed E-state index contributed by atoms with van der Waals surface area (Å²) in [6, 6.07) is 18.4. The number of rotatable bonds is 6. The third-order valence-corrected chi connectivity index (χ3v) is 3.94. The van der Waals surface area contributed by atoms with E-state index in [1.54, 1.807) is 29.1 Å². The minimum Gasteiger partial charge on any atom is -0.348 e. The van der Waals surface area contributed by atoms with Gasteiger partial charge in [-0.15, -0.1) is 17.0 Å². The van der Waals surface area contributed by atoms with Crippen molar-refractivity contribution in [2.75, 3.05) is 0 Å². The molecule has 3 rings (SSSR count). The van der Waals surface area contributed by atoms with E-state index < -0.39 is 0 Å². The van der Waals surface area contributed by atoms with E-state index in [9.17, 15) is 14.0 Å². The molecule has 1 aromatic heterocycles. The van der Waals surface area contributed by atoms with E-state index >= 15 is 0 Å². The van der Waals surface area contributed by atoms with Crippen molar-refractivity contribution in [3.63, 3.8) is 0 Å². The zero-order chi connectivity index (χ0) is 18.4. The highest BCUT2D eigenvalue weighted by Crippen LogP contribution is 2.04. The predicted octanol–water partition coefficient (Wildman–Crippen LogP) is 3.50. The Bertz CT molecular complexity index is 898. The maximum atomic E-state index is 12.9. The highest BCUT2D eigenvalue weighted by atomic mass is 79.9. The number of carbonyl (C=O) groups excluding carboxylic acids is 2. The van der Waals surface area contributed by atoms with Crippen LogP contribution in [0.15, 0.2) is 79.1 Å². The molecule has 138 valence electrons. The second kappa shape index (κ2) is 9.73. The summed E-state index contributed by atoms with van der Waals surface area (Å²) in [5, 5.41) is 2.86. The van der Waals surface area contributed by atoms with Crippen molar-refractivity contribution in [1.82, 2.24) is 5.32 Å². The number of pyridine rings is 1. The zero-order valence-electron chi connectivity index (χ0n) is 14.5. The lowest BCUT2D eigenvalue weighted by Gasteiger charge is -2.05. The first-order valence-corrected chi connectivity index (χ1v) is 8.22. The quantitative estimate of drug-likeness (QED) is 0.481. The molecule has 0 aliphatic carbocycles. The number of aromatic nitrogens is 1. The van der Waals surface area contributed by atoms with Gasteiger partial charge in [0.05, 0.1) is 5.56 Å². The third-order valence-electron chi connectivity index (χ3n) is 3.94. The van der Waals surface area contributed by atoms with E-state index in [4.69, 9.17) is 0 Å². The molecule has 3 aromatic rings. The summed E-state index contributed by atoms with van der Waals surface area (Å²) in [7, 11) is 0. The number of nitrogens with one attached hydrogen (secondary N) is 1. The number of hydrogen-bond acceptors (Lipinski definition) is 2. The molecule has 1 amide bonds. The summed E-state index contributed by atoms with van der Waals surface area (Å²) >= 11 is 0. The number of halogens is 2. The molecule has 0 saturated heterocycles. The average Bonchev–Trinajstić information content (AvgIpc) is 2.68. The van der Waals surface area contributed by atoms with E-state index in [0.717, 1.165) is 5.56 Å². The Morgan fingerprint density at radius 1 is 0.852 bits per heavy atom. The Labute approximate surface area is 167 Å². The first-order valence-electron chi connectivity index (χ1n) is 8.22. The van der Waals surface area contributed by atoms with Crippen LogP contribution >= 0.6 is 17.0 Å². The molecule has 0 aliphatic heterocycles. The lowest BCUT2D eigenvalue weighted by Crippen LogP contribution is -2.37. The van der Waals surface area contributed by atoms with E-state index in [1.807, 2.05) is 30.3 Å². The predicted molar refractivity (Wildman–Crippen MR) is 105 cm³/mol. The molecular formula is C21H19BrFN2O2+. The molecule has 1 heterocycles. The fourth-order valence-electron chi connectivity index (χ4n) is 2.49. The summed E-state index contributed by atoms with van der Waals surface area (Å²) in [5.74, 6) is -0.679. The normalized spacial score (nSPS) is 9.96. The molecule has 2 aromatic carbocycles. The monoisotopic (exact) mass is 429 g/mol. The topological polar surface area (TPSA) is 50.0 Å². The van der Waals surface area contributed by atoms with Crippen LogP contribution in [-0.4, -0.2) is 11.7 Å². The Morgan fingerprint density at radius 2 is 1.48 bits per heavy atom. The Morgan fingerprint density at radius 3 is 2.11 bits per heavy atom. The Balaban J connectivity index is 0.00000261. The summed E-state index contributed by atoms with van der Waals surface area (Å²) in [4.78, 5) is 24.4. The molecule has 6 heteroatoms. The summed E-state index contributed by atoms with van der Waals surface area (Å²) in [5.41, 5.74) is 1.99. The third kappa shape index (κ3) is 5.82. The van der Waals surface area contributed by atoms with Gasteiger partial charge in [-0.3, -0.25) is 9.59 Å². The fourth-order valence-corrected chi connectivity index (χ4v) is 2.49. The number of nitrogens with zero attached hydrogens (tertiary/aromatic N) is 1. The molecule has 0 radical (unpaired) electrons. The molecule has 0 unspecified atom stereocenters. The maximum absolute atomic E-state index is 12.9. The standard InChI is InChI=1S/C21H17FN2O2.BrH/c22-19-8-6-17(7-9-19)20(25)15-24-12-10-18(11-13-24)21(26)23-14-16-4-2-1-3-5-16;/h1-13H,14-15H2;1H/p+1. The second-order valence-electron chi connectivity index (χ2n) is 5.86. The van der Waals surface area contributed by atoms with Crippen LogP contribution in [0.1, 0.15) is 26.3 Å². The summed E-state index contributed by atoms with van der Waals surface area (Å²) in [6.45, 7) is 0.579. The van der Waals surface area contributed by atoms with Gasteiger partial charge in [0.15, 0.2) is 12.4 Å². The highest BCUT2D eigenvalue weighted by Gasteiger charge is 2.13. The van der Waals surface area contributed by atoms with Crippen molar-refractivity contribution in [3.05, 3.63) is 102 Å². The largest absolute Gasteiger partial charge is 0.348 e. The summed E-state index contributed by atoms with van der Waals surface area (Å²) < 4.78 is 14.6. The van der Waals surface area contributed by atoms with Crippen LogP contribution in [0.4, 0.5) is 4.39 Å². The van der Waals surface area contributed by atoms with Crippen LogP contribution in [0.3, 0.4) is 0 Å². The van der Waals surface area contributed by atoms with Crippen LogP contribution in [0.5, 0.6) is 0 Å². The van der Waals surface area contributed by atoms with Crippen molar-refractivity contribution < 1.29 is 18.5 Å². The average molecular weight is 430 g/mol. The van der Waals surface area contributed by atoms with Crippen molar-refractivity contribution in [1.29, 1.82) is 0 Å². The van der Waals surface area contributed by atoms with E-state index in [1.165, 1.54) is 24.3 Å². The van der Waals surface area contributed by atoms with Crippen LogP contribution in [0, 0.1) is 5.82 Å².